The van der Waals surface area contributed by atoms with E-state index in [1.54, 1.807) is 12.4 Å². The number of rotatable bonds is 2. The second kappa shape index (κ2) is 3.71. The predicted molar refractivity (Wildman–Crippen MR) is 46.8 cm³/mol. The molecule has 1 N–H and O–H groups in total. The summed E-state index contributed by atoms with van der Waals surface area (Å²) >= 11 is 0. The summed E-state index contributed by atoms with van der Waals surface area (Å²) < 4.78 is 0. The first-order valence-corrected chi connectivity index (χ1v) is 3.49. The summed E-state index contributed by atoms with van der Waals surface area (Å²) in [5.41, 5.74) is 3.93. The monoisotopic (exact) mass is 149 g/mol. The molecule has 1 aromatic rings. The van der Waals surface area contributed by atoms with Crippen LogP contribution in [0.2, 0.25) is 0 Å². The van der Waals surface area contributed by atoms with Crippen molar-refractivity contribution in [3.05, 3.63) is 23.9 Å². The third kappa shape index (κ3) is 2.37. The summed E-state index contributed by atoms with van der Waals surface area (Å²) in [6, 6.07) is 3.88. The Labute approximate surface area is 66.2 Å². The Balaban J connectivity index is 2.66. The van der Waals surface area contributed by atoms with Gasteiger partial charge in [-0.05, 0) is 25.5 Å². The first kappa shape index (κ1) is 7.72. The minimum atomic E-state index is 0.772. The molecule has 0 spiro atoms. The van der Waals surface area contributed by atoms with Gasteiger partial charge in [-0.15, -0.1) is 0 Å². The van der Waals surface area contributed by atoms with Gasteiger partial charge in [0.25, 0.3) is 0 Å². The van der Waals surface area contributed by atoms with Crippen molar-refractivity contribution in [2.45, 2.75) is 13.8 Å². The van der Waals surface area contributed by atoms with E-state index in [1.807, 2.05) is 26.0 Å². The summed E-state index contributed by atoms with van der Waals surface area (Å²) in [4.78, 5) is 4.09. The van der Waals surface area contributed by atoms with Gasteiger partial charge in [-0.1, -0.05) is 6.07 Å². The van der Waals surface area contributed by atoms with E-state index in [0.717, 1.165) is 11.4 Å². The van der Waals surface area contributed by atoms with Crippen molar-refractivity contribution in [2.75, 3.05) is 5.43 Å². The molecule has 0 radical (unpaired) electrons. The molecule has 0 aliphatic carbocycles. The van der Waals surface area contributed by atoms with Crippen LogP contribution in [0, 0.1) is 6.92 Å². The van der Waals surface area contributed by atoms with Gasteiger partial charge < -0.3 is 0 Å². The molecule has 1 aromatic heterocycles. The molecule has 0 atom stereocenters. The summed E-state index contributed by atoms with van der Waals surface area (Å²) in [5.74, 6) is 0.772. The number of nitrogens with one attached hydrogen (secondary N) is 1. The molecular weight excluding hydrogens is 138 g/mol. The molecule has 1 heterocycles. The minimum Gasteiger partial charge on any atom is -0.262 e. The van der Waals surface area contributed by atoms with Crippen LogP contribution >= 0.6 is 0 Å². The lowest BCUT2D eigenvalue weighted by Crippen LogP contribution is -1.90. The highest BCUT2D eigenvalue weighted by Gasteiger charge is 1.87. The zero-order chi connectivity index (χ0) is 8.10. The number of hydrazone groups is 1. The fourth-order valence-electron chi connectivity index (χ4n) is 0.665. The third-order valence-electron chi connectivity index (χ3n) is 1.22. The second-order valence-corrected chi connectivity index (χ2v) is 2.22. The summed E-state index contributed by atoms with van der Waals surface area (Å²) in [6.07, 6.45) is 3.48. The maximum absolute atomic E-state index is 4.09. The standard InChI is InChI=1S/C8H11N3/c1-3-10-11-8-5-4-7(2)6-9-8/h3-6H,1-2H3,(H,9,11)/b10-3+. The number of anilines is 1. The summed E-state index contributed by atoms with van der Waals surface area (Å²) in [7, 11) is 0. The predicted octanol–water partition coefficient (Wildman–Crippen LogP) is 1.81. The van der Waals surface area contributed by atoms with E-state index in [2.05, 4.69) is 15.5 Å². The molecule has 58 valence electrons. The second-order valence-electron chi connectivity index (χ2n) is 2.22. The van der Waals surface area contributed by atoms with Gasteiger partial charge in [0.2, 0.25) is 0 Å². The Bertz CT molecular complexity index is 238. The van der Waals surface area contributed by atoms with E-state index in [0.29, 0.717) is 0 Å². The van der Waals surface area contributed by atoms with Crippen LogP contribution in [0.15, 0.2) is 23.4 Å². The molecule has 0 aromatic carbocycles. The Morgan fingerprint density at radius 1 is 1.55 bits per heavy atom. The molecule has 0 aliphatic heterocycles. The molecule has 1 rings (SSSR count). The average molecular weight is 149 g/mol. The maximum Gasteiger partial charge on any atom is 0.146 e. The van der Waals surface area contributed by atoms with Crippen molar-refractivity contribution in [1.82, 2.24) is 4.98 Å². The zero-order valence-electron chi connectivity index (χ0n) is 6.70. The average Bonchev–Trinajstić information content (AvgIpc) is 2.04. The molecular formula is C8H11N3. The van der Waals surface area contributed by atoms with Crippen LogP contribution < -0.4 is 5.43 Å². The largest absolute Gasteiger partial charge is 0.262 e. The van der Waals surface area contributed by atoms with Gasteiger partial charge in [-0.2, -0.15) is 5.10 Å². The highest BCUT2D eigenvalue weighted by molar-refractivity contribution is 5.55. The van der Waals surface area contributed by atoms with Crippen molar-refractivity contribution in [3.63, 3.8) is 0 Å². The topological polar surface area (TPSA) is 37.3 Å². The zero-order valence-corrected chi connectivity index (χ0v) is 6.70. The van der Waals surface area contributed by atoms with Crippen LogP contribution in [0.4, 0.5) is 5.82 Å². The van der Waals surface area contributed by atoms with Crippen LogP contribution in [0.1, 0.15) is 12.5 Å². The van der Waals surface area contributed by atoms with Crippen molar-refractivity contribution in [1.29, 1.82) is 0 Å². The van der Waals surface area contributed by atoms with E-state index in [9.17, 15) is 0 Å². The van der Waals surface area contributed by atoms with E-state index < -0.39 is 0 Å². The van der Waals surface area contributed by atoms with E-state index in [-0.39, 0.29) is 0 Å². The van der Waals surface area contributed by atoms with Crippen LogP contribution in [0.5, 0.6) is 0 Å². The number of nitrogens with zero attached hydrogens (tertiary/aromatic N) is 2. The lowest BCUT2D eigenvalue weighted by atomic mass is 10.3. The van der Waals surface area contributed by atoms with E-state index >= 15 is 0 Å². The van der Waals surface area contributed by atoms with Crippen LogP contribution in [0.25, 0.3) is 0 Å². The van der Waals surface area contributed by atoms with Gasteiger partial charge in [0, 0.05) is 12.4 Å². The molecule has 0 fully saturated rings. The van der Waals surface area contributed by atoms with Crippen molar-refractivity contribution >= 4 is 12.0 Å². The Hall–Kier alpha value is -1.38. The first-order chi connectivity index (χ1) is 5.33. The number of hydrogen-bond acceptors (Lipinski definition) is 3. The molecule has 3 heteroatoms. The van der Waals surface area contributed by atoms with Crippen LogP contribution in [-0.2, 0) is 0 Å². The summed E-state index contributed by atoms with van der Waals surface area (Å²) in [5, 5.41) is 3.83. The third-order valence-corrected chi connectivity index (χ3v) is 1.22. The lowest BCUT2D eigenvalue weighted by Gasteiger charge is -1.97. The molecule has 0 aliphatic rings. The number of aryl methyl sites for hydroxylation is 1. The fraction of sp³-hybridized carbons (Fsp3) is 0.250. The summed E-state index contributed by atoms with van der Waals surface area (Å²) in [6.45, 7) is 3.85. The molecule has 0 bridgehead atoms. The van der Waals surface area contributed by atoms with E-state index in [4.69, 9.17) is 0 Å². The SMILES string of the molecule is C/C=N/Nc1ccc(C)cn1. The smallest absolute Gasteiger partial charge is 0.146 e. The molecule has 0 unspecified atom stereocenters. The molecule has 3 nitrogen and oxygen atoms in total. The molecule has 11 heavy (non-hydrogen) atoms. The number of pyridine rings is 1. The highest BCUT2D eigenvalue weighted by Crippen LogP contribution is 2.02. The van der Waals surface area contributed by atoms with Gasteiger partial charge in [-0.3, -0.25) is 5.43 Å². The lowest BCUT2D eigenvalue weighted by molar-refractivity contribution is 1.20. The van der Waals surface area contributed by atoms with Gasteiger partial charge in [0.15, 0.2) is 0 Å². The maximum atomic E-state index is 4.09. The Morgan fingerprint density at radius 3 is 2.91 bits per heavy atom. The van der Waals surface area contributed by atoms with Crippen molar-refractivity contribution in [3.8, 4) is 0 Å². The van der Waals surface area contributed by atoms with Crippen molar-refractivity contribution < 1.29 is 0 Å². The normalized spacial score (nSPS) is 10.4. The number of aromatic nitrogens is 1. The van der Waals surface area contributed by atoms with Crippen LogP contribution in [-0.4, -0.2) is 11.2 Å². The van der Waals surface area contributed by atoms with Crippen molar-refractivity contribution in [2.24, 2.45) is 5.10 Å². The fourth-order valence-corrected chi connectivity index (χ4v) is 0.665. The molecule has 0 saturated carbocycles. The van der Waals surface area contributed by atoms with Gasteiger partial charge >= 0.3 is 0 Å². The Morgan fingerprint density at radius 2 is 2.36 bits per heavy atom. The van der Waals surface area contributed by atoms with Gasteiger partial charge in [-0.25, -0.2) is 4.98 Å². The number of hydrogen-bond donors (Lipinski definition) is 1. The molecule has 0 saturated heterocycles. The first-order valence-electron chi connectivity index (χ1n) is 3.49. The van der Waals surface area contributed by atoms with Gasteiger partial charge in [0.05, 0.1) is 0 Å². The Kier molecular flexibility index (Phi) is 2.60. The van der Waals surface area contributed by atoms with Gasteiger partial charge in [0.1, 0.15) is 5.82 Å². The quantitative estimate of drug-likeness (QED) is 0.514. The van der Waals surface area contributed by atoms with Crippen LogP contribution in [0.3, 0.4) is 0 Å². The molecule has 0 amide bonds. The van der Waals surface area contributed by atoms with E-state index in [1.165, 1.54) is 0 Å². The highest BCUT2D eigenvalue weighted by atomic mass is 15.3. The minimum absolute atomic E-state index is 0.772.